The molecule has 1 fully saturated rings. The topological polar surface area (TPSA) is 46.6 Å². The van der Waals surface area contributed by atoms with Gasteiger partial charge in [-0.15, -0.1) is 0 Å². The minimum Gasteiger partial charge on any atom is -0.447 e. The summed E-state index contributed by atoms with van der Waals surface area (Å²) >= 11 is 0. The van der Waals surface area contributed by atoms with E-state index in [9.17, 15) is 9.59 Å². The van der Waals surface area contributed by atoms with Crippen molar-refractivity contribution in [3.8, 4) is 0 Å². The molecule has 2 aromatic rings. The number of carbonyl (C=O) groups excluding carboxylic acids is 2. The number of cyclic esters (lactones) is 1. The first-order chi connectivity index (χ1) is 12.6. The van der Waals surface area contributed by atoms with Crippen molar-refractivity contribution in [3.05, 3.63) is 71.8 Å². The van der Waals surface area contributed by atoms with Crippen LogP contribution >= 0.6 is 0 Å². The van der Waals surface area contributed by atoms with Crippen LogP contribution in [0.4, 0.5) is 4.79 Å². The number of aryl methyl sites for hydroxylation is 1. The zero-order chi connectivity index (χ0) is 18.4. The average Bonchev–Trinajstić information content (AvgIpc) is 3.03. The minimum atomic E-state index is -0.508. The van der Waals surface area contributed by atoms with E-state index >= 15 is 0 Å². The largest absolute Gasteiger partial charge is 0.447 e. The predicted molar refractivity (Wildman–Crippen MR) is 101 cm³/mol. The molecular weight excluding hydrogens is 326 g/mol. The Morgan fingerprint density at radius 1 is 1.08 bits per heavy atom. The van der Waals surface area contributed by atoms with E-state index in [1.165, 1.54) is 10.5 Å². The molecule has 1 saturated heterocycles. The molecule has 0 aromatic heterocycles. The molecule has 2 aromatic carbocycles. The summed E-state index contributed by atoms with van der Waals surface area (Å²) < 4.78 is 5.16. The van der Waals surface area contributed by atoms with Crippen LogP contribution in [0.5, 0.6) is 0 Å². The van der Waals surface area contributed by atoms with Crippen molar-refractivity contribution in [3.63, 3.8) is 0 Å². The van der Waals surface area contributed by atoms with Crippen molar-refractivity contribution in [2.24, 2.45) is 5.92 Å². The van der Waals surface area contributed by atoms with Gasteiger partial charge in [0, 0.05) is 5.92 Å². The van der Waals surface area contributed by atoms with Gasteiger partial charge in [-0.1, -0.05) is 67.6 Å². The lowest BCUT2D eigenvalue weighted by atomic mass is 9.98. The van der Waals surface area contributed by atoms with Crippen LogP contribution in [-0.2, 0) is 22.4 Å². The third-order valence-corrected chi connectivity index (χ3v) is 4.88. The molecule has 3 rings (SSSR count). The maximum atomic E-state index is 12.8. The summed E-state index contributed by atoms with van der Waals surface area (Å²) in [5.41, 5.74) is 2.38. The minimum absolute atomic E-state index is 0.124. The molecule has 26 heavy (non-hydrogen) atoms. The van der Waals surface area contributed by atoms with E-state index in [1.54, 1.807) is 0 Å². The highest BCUT2D eigenvalue weighted by Crippen LogP contribution is 2.22. The van der Waals surface area contributed by atoms with Crippen molar-refractivity contribution in [1.82, 2.24) is 4.90 Å². The maximum absolute atomic E-state index is 12.8. The first kappa shape index (κ1) is 18.2. The van der Waals surface area contributed by atoms with Crippen LogP contribution in [0.25, 0.3) is 0 Å². The highest BCUT2D eigenvalue weighted by molar-refractivity contribution is 5.94. The van der Waals surface area contributed by atoms with Gasteiger partial charge in [-0.05, 0) is 36.8 Å². The van der Waals surface area contributed by atoms with Crippen LogP contribution in [0.15, 0.2) is 60.7 Å². The Balaban J connectivity index is 1.56. The van der Waals surface area contributed by atoms with Gasteiger partial charge in [-0.3, -0.25) is 4.79 Å². The Bertz CT molecular complexity index is 730. The SMILES string of the molecule is CC(CCCc1ccccc1)C(=O)N1C(=O)OC[C@@H]1Cc1ccccc1. The van der Waals surface area contributed by atoms with Gasteiger partial charge in [0.15, 0.2) is 0 Å². The van der Waals surface area contributed by atoms with Crippen LogP contribution < -0.4 is 0 Å². The molecule has 1 heterocycles. The smallest absolute Gasteiger partial charge is 0.416 e. The molecule has 136 valence electrons. The number of amides is 2. The average molecular weight is 351 g/mol. The second kappa shape index (κ2) is 8.65. The normalized spacial score (nSPS) is 17.8. The molecule has 1 aliphatic rings. The molecule has 0 N–H and O–H groups in total. The third-order valence-electron chi connectivity index (χ3n) is 4.88. The number of hydrogen-bond donors (Lipinski definition) is 0. The van der Waals surface area contributed by atoms with Crippen LogP contribution in [0.3, 0.4) is 0 Å². The molecule has 0 saturated carbocycles. The standard InChI is InChI=1S/C22H25NO3/c1-17(9-8-14-18-10-4-2-5-11-18)21(24)23-20(16-26-22(23)25)15-19-12-6-3-7-13-19/h2-7,10-13,17,20H,8-9,14-16H2,1H3/t17?,20-/m0/s1. The lowest BCUT2D eigenvalue weighted by molar-refractivity contribution is -0.133. The fraction of sp³-hybridized carbons (Fsp3) is 0.364. The van der Waals surface area contributed by atoms with Crippen molar-refractivity contribution >= 4 is 12.0 Å². The highest BCUT2D eigenvalue weighted by Gasteiger charge is 2.39. The van der Waals surface area contributed by atoms with Gasteiger partial charge in [-0.25, -0.2) is 9.69 Å². The number of ether oxygens (including phenoxy) is 1. The molecule has 0 spiro atoms. The summed E-state index contributed by atoms with van der Waals surface area (Å²) in [6, 6.07) is 19.9. The number of benzene rings is 2. The van der Waals surface area contributed by atoms with E-state index in [2.05, 4.69) is 12.1 Å². The maximum Gasteiger partial charge on any atom is 0.416 e. The van der Waals surface area contributed by atoms with Crippen LogP contribution in [0.1, 0.15) is 30.9 Å². The van der Waals surface area contributed by atoms with E-state index in [4.69, 9.17) is 4.74 Å². The molecule has 1 aliphatic heterocycles. The number of imide groups is 1. The van der Waals surface area contributed by atoms with Crippen molar-refractivity contribution < 1.29 is 14.3 Å². The van der Waals surface area contributed by atoms with Crippen LogP contribution in [-0.4, -0.2) is 29.5 Å². The number of nitrogens with zero attached hydrogens (tertiary/aromatic N) is 1. The van der Waals surface area contributed by atoms with Crippen molar-refractivity contribution in [2.75, 3.05) is 6.61 Å². The third kappa shape index (κ3) is 4.51. The molecule has 2 atom stereocenters. The van der Waals surface area contributed by atoms with Crippen molar-refractivity contribution in [2.45, 2.75) is 38.6 Å². The van der Waals surface area contributed by atoms with E-state index in [0.29, 0.717) is 6.42 Å². The number of hydrogen-bond acceptors (Lipinski definition) is 3. The molecule has 4 nitrogen and oxygen atoms in total. The number of carbonyl (C=O) groups is 2. The second-order valence-electron chi connectivity index (χ2n) is 6.91. The lowest BCUT2D eigenvalue weighted by Gasteiger charge is -2.23. The Morgan fingerprint density at radius 3 is 2.35 bits per heavy atom. The van der Waals surface area contributed by atoms with Gasteiger partial charge < -0.3 is 4.74 Å². The predicted octanol–water partition coefficient (Wildman–Crippen LogP) is 4.24. The fourth-order valence-electron chi connectivity index (χ4n) is 3.38. The Labute approximate surface area is 154 Å². The molecule has 0 bridgehead atoms. The summed E-state index contributed by atoms with van der Waals surface area (Å²) in [4.78, 5) is 26.3. The summed E-state index contributed by atoms with van der Waals surface area (Å²) in [5, 5.41) is 0. The summed E-state index contributed by atoms with van der Waals surface area (Å²) in [5.74, 6) is -0.316. The monoisotopic (exact) mass is 351 g/mol. The number of rotatable bonds is 7. The van der Waals surface area contributed by atoms with Gasteiger partial charge in [0.2, 0.25) is 5.91 Å². The molecule has 0 aliphatic carbocycles. The fourth-order valence-corrected chi connectivity index (χ4v) is 3.38. The van der Waals surface area contributed by atoms with E-state index in [0.717, 1.165) is 24.8 Å². The first-order valence-corrected chi connectivity index (χ1v) is 9.23. The van der Waals surface area contributed by atoms with E-state index < -0.39 is 6.09 Å². The molecular formula is C22H25NO3. The Morgan fingerprint density at radius 2 is 1.69 bits per heavy atom. The van der Waals surface area contributed by atoms with Crippen LogP contribution in [0.2, 0.25) is 0 Å². The summed E-state index contributed by atoms with van der Waals surface area (Å²) in [7, 11) is 0. The second-order valence-corrected chi connectivity index (χ2v) is 6.91. The van der Waals surface area contributed by atoms with Gasteiger partial charge in [0.1, 0.15) is 6.61 Å². The molecule has 4 heteroatoms. The zero-order valence-corrected chi connectivity index (χ0v) is 15.1. The molecule has 0 radical (unpaired) electrons. The summed E-state index contributed by atoms with van der Waals surface area (Å²) in [6.07, 6.45) is 2.75. The summed E-state index contributed by atoms with van der Waals surface area (Å²) in [6.45, 7) is 2.18. The van der Waals surface area contributed by atoms with Crippen LogP contribution in [0, 0.1) is 5.92 Å². The van der Waals surface area contributed by atoms with Crippen molar-refractivity contribution in [1.29, 1.82) is 0 Å². The highest BCUT2D eigenvalue weighted by atomic mass is 16.6. The Hall–Kier alpha value is -2.62. The first-order valence-electron chi connectivity index (χ1n) is 9.23. The quantitative estimate of drug-likeness (QED) is 0.750. The van der Waals surface area contributed by atoms with E-state index in [-0.39, 0.29) is 24.5 Å². The van der Waals surface area contributed by atoms with Gasteiger partial charge in [0.25, 0.3) is 0 Å². The zero-order valence-electron chi connectivity index (χ0n) is 15.1. The molecule has 2 amide bonds. The van der Waals surface area contributed by atoms with E-state index in [1.807, 2.05) is 55.5 Å². The van der Waals surface area contributed by atoms with Gasteiger partial charge in [0.05, 0.1) is 6.04 Å². The lowest BCUT2D eigenvalue weighted by Crippen LogP contribution is -2.43. The Kier molecular flexibility index (Phi) is 6.05. The molecule has 1 unspecified atom stereocenters. The van der Waals surface area contributed by atoms with Gasteiger partial charge in [-0.2, -0.15) is 0 Å². The van der Waals surface area contributed by atoms with Gasteiger partial charge >= 0.3 is 6.09 Å².